The Labute approximate surface area is 124 Å². The Morgan fingerprint density at radius 3 is 2.81 bits per heavy atom. The fraction of sp³-hybridized carbons (Fsp3) is 0. The number of nitrogens with zero attached hydrogens (tertiary/aromatic N) is 2. The quantitative estimate of drug-likeness (QED) is 0.597. The summed E-state index contributed by atoms with van der Waals surface area (Å²) in [6, 6.07) is 12.9. The molecule has 0 aliphatic carbocycles. The molecule has 4 rings (SSSR count). The maximum absolute atomic E-state index is 9.56. The first-order valence-corrected chi connectivity index (χ1v) is 7.26. The summed E-state index contributed by atoms with van der Waals surface area (Å²) in [5.74, 6) is 1.46. The van der Waals surface area contributed by atoms with Gasteiger partial charge in [0.25, 0.3) is 0 Å². The van der Waals surface area contributed by atoms with E-state index in [9.17, 15) is 5.11 Å². The number of ether oxygens (including phenoxy) is 1. The van der Waals surface area contributed by atoms with Gasteiger partial charge in [0.2, 0.25) is 5.88 Å². The van der Waals surface area contributed by atoms with Gasteiger partial charge in [-0.3, -0.25) is 0 Å². The van der Waals surface area contributed by atoms with Gasteiger partial charge in [-0.2, -0.15) is 0 Å². The van der Waals surface area contributed by atoms with Crippen LogP contribution < -0.4 is 4.74 Å². The van der Waals surface area contributed by atoms with Gasteiger partial charge in [-0.25, -0.2) is 9.97 Å². The molecule has 1 N–H and O–H groups in total. The van der Waals surface area contributed by atoms with E-state index in [1.807, 2.05) is 35.7 Å². The second kappa shape index (κ2) is 4.71. The average Bonchev–Trinajstić information content (AvgIpc) is 2.96. The molecule has 0 radical (unpaired) electrons. The van der Waals surface area contributed by atoms with E-state index >= 15 is 0 Å². The molecule has 0 atom stereocenters. The largest absolute Gasteiger partial charge is 0.508 e. The fourth-order valence-electron chi connectivity index (χ4n) is 2.24. The summed E-state index contributed by atoms with van der Waals surface area (Å²) in [5.41, 5.74) is 0. The molecule has 0 amide bonds. The van der Waals surface area contributed by atoms with Crippen LogP contribution in [-0.2, 0) is 0 Å². The third-order valence-corrected chi connectivity index (χ3v) is 4.06. The summed E-state index contributed by atoms with van der Waals surface area (Å²) in [6.07, 6.45) is 1.50. The van der Waals surface area contributed by atoms with Crippen molar-refractivity contribution in [3.05, 3.63) is 54.2 Å². The molecular formula is C16H10N2O2S. The van der Waals surface area contributed by atoms with E-state index in [1.54, 1.807) is 23.5 Å². The van der Waals surface area contributed by atoms with Gasteiger partial charge in [-0.1, -0.05) is 12.1 Å². The van der Waals surface area contributed by atoms with Crippen molar-refractivity contribution in [1.29, 1.82) is 0 Å². The molecule has 2 aromatic heterocycles. The molecule has 0 aliphatic heterocycles. The Bertz CT molecular complexity index is 949. The average molecular weight is 294 g/mol. The monoisotopic (exact) mass is 294 g/mol. The number of phenols is 1. The van der Waals surface area contributed by atoms with Gasteiger partial charge in [0.05, 0.1) is 5.39 Å². The Morgan fingerprint density at radius 1 is 0.952 bits per heavy atom. The van der Waals surface area contributed by atoms with Gasteiger partial charge >= 0.3 is 0 Å². The number of benzene rings is 2. The van der Waals surface area contributed by atoms with Gasteiger partial charge in [0.15, 0.2) is 0 Å². The Morgan fingerprint density at radius 2 is 1.86 bits per heavy atom. The van der Waals surface area contributed by atoms with Gasteiger partial charge in [0, 0.05) is 0 Å². The number of thiophene rings is 1. The molecule has 0 saturated carbocycles. The minimum absolute atomic E-state index is 0.238. The SMILES string of the molecule is Oc1ccc2ccc(Oc3ncnc4sccc34)cc2c1. The summed E-state index contributed by atoms with van der Waals surface area (Å²) in [7, 11) is 0. The lowest BCUT2D eigenvalue weighted by molar-refractivity contribution is 0.469. The molecule has 102 valence electrons. The Hall–Kier alpha value is -2.66. The lowest BCUT2D eigenvalue weighted by Gasteiger charge is -2.07. The van der Waals surface area contributed by atoms with E-state index in [1.165, 1.54) is 6.33 Å². The highest BCUT2D eigenvalue weighted by Crippen LogP contribution is 2.31. The molecular weight excluding hydrogens is 284 g/mol. The summed E-state index contributed by atoms with van der Waals surface area (Å²) >= 11 is 1.55. The van der Waals surface area contributed by atoms with Gasteiger partial charge in [-0.05, 0) is 46.5 Å². The van der Waals surface area contributed by atoms with Crippen LogP contribution in [0.25, 0.3) is 21.0 Å². The van der Waals surface area contributed by atoms with E-state index in [0.29, 0.717) is 11.6 Å². The maximum atomic E-state index is 9.56. The van der Waals surface area contributed by atoms with Crippen LogP contribution in [0.15, 0.2) is 54.2 Å². The molecule has 21 heavy (non-hydrogen) atoms. The summed E-state index contributed by atoms with van der Waals surface area (Å²) in [5, 5.41) is 14.4. The number of phenolic OH excluding ortho intramolecular Hbond substituents is 1. The van der Waals surface area contributed by atoms with Crippen molar-refractivity contribution in [2.45, 2.75) is 0 Å². The van der Waals surface area contributed by atoms with E-state index < -0.39 is 0 Å². The van der Waals surface area contributed by atoms with Gasteiger partial charge in [0.1, 0.15) is 22.7 Å². The molecule has 4 nitrogen and oxygen atoms in total. The molecule has 0 aliphatic rings. The molecule has 0 bridgehead atoms. The number of fused-ring (bicyclic) bond motifs is 2. The highest BCUT2D eigenvalue weighted by molar-refractivity contribution is 7.16. The van der Waals surface area contributed by atoms with Crippen LogP contribution in [0.4, 0.5) is 0 Å². The molecule has 0 fully saturated rings. The number of aromatic hydroxyl groups is 1. The minimum Gasteiger partial charge on any atom is -0.508 e. The highest BCUT2D eigenvalue weighted by Gasteiger charge is 2.07. The third kappa shape index (κ3) is 2.17. The summed E-state index contributed by atoms with van der Waals surface area (Å²) < 4.78 is 5.87. The number of hydrogen-bond acceptors (Lipinski definition) is 5. The van der Waals surface area contributed by atoms with Gasteiger partial charge in [-0.15, -0.1) is 11.3 Å². The smallest absolute Gasteiger partial charge is 0.231 e. The molecule has 5 heteroatoms. The standard InChI is InChI=1S/C16H10N2O2S/c19-12-3-1-10-2-4-13(8-11(10)7-12)20-15-14-5-6-21-16(14)18-9-17-15/h1-9,19H. The summed E-state index contributed by atoms with van der Waals surface area (Å²) in [4.78, 5) is 9.30. The van der Waals surface area contributed by atoms with Crippen LogP contribution in [0.3, 0.4) is 0 Å². The number of aromatic nitrogens is 2. The number of hydrogen-bond donors (Lipinski definition) is 1. The predicted molar refractivity (Wildman–Crippen MR) is 83.1 cm³/mol. The van der Waals surface area contributed by atoms with Crippen molar-refractivity contribution in [3.63, 3.8) is 0 Å². The second-order valence-corrected chi connectivity index (χ2v) is 5.51. The van der Waals surface area contributed by atoms with Crippen LogP contribution in [0.1, 0.15) is 0 Å². The topological polar surface area (TPSA) is 55.2 Å². The fourth-order valence-corrected chi connectivity index (χ4v) is 2.96. The van der Waals surface area contributed by atoms with Crippen molar-refractivity contribution in [2.24, 2.45) is 0 Å². The van der Waals surface area contributed by atoms with Crippen LogP contribution in [0.5, 0.6) is 17.4 Å². The van der Waals surface area contributed by atoms with E-state index in [2.05, 4.69) is 9.97 Å². The van der Waals surface area contributed by atoms with Crippen LogP contribution in [0.2, 0.25) is 0 Å². The molecule has 2 heterocycles. The van der Waals surface area contributed by atoms with Crippen molar-refractivity contribution in [3.8, 4) is 17.4 Å². The first-order valence-electron chi connectivity index (χ1n) is 6.38. The maximum Gasteiger partial charge on any atom is 0.231 e. The van der Waals surface area contributed by atoms with Crippen molar-refractivity contribution < 1.29 is 9.84 Å². The van der Waals surface area contributed by atoms with E-state index in [4.69, 9.17) is 4.74 Å². The van der Waals surface area contributed by atoms with E-state index in [-0.39, 0.29) is 5.75 Å². The molecule has 2 aromatic carbocycles. The zero-order chi connectivity index (χ0) is 14.2. The first-order chi connectivity index (χ1) is 10.3. The Kier molecular flexibility index (Phi) is 2.72. The lowest BCUT2D eigenvalue weighted by Crippen LogP contribution is -1.89. The molecule has 0 spiro atoms. The Balaban J connectivity index is 1.78. The zero-order valence-corrected chi connectivity index (χ0v) is 11.7. The number of rotatable bonds is 2. The molecule has 4 aromatic rings. The van der Waals surface area contributed by atoms with Crippen molar-refractivity contribution in [2.75, 3.05) is 0 Å². The predicted octanol–water partition coefficient (Wildman–Crippen LogP) is 4.34. The molecule has 0 saturated heterocycles. The van der Waals surface area contributed by atoms with Crippen molar-refractivity contribution >= 4 is 32.3 Å². The third-order valence-electron chi connectivity index (χ3n) is 3.23. The zero-order valence-electron chi connectivity index (χ0n) is 10.9. The van der Waals surface area contributed by atoms with Gasteiger partial charge < -0.3 is 9.84 Å². The minimum atomic E-state index is 0.238. The van der Waals surface area contributed by atoms with Crippen LogP contribution in [-0.4, -0.2) is 15.1 Å². The van der Waals surface area contributed by atoms with E-state index in [0.717, 1.165) is 21.0 Å². The first kappa shape index (κ1) is 12.1. The highest BCUT2D eigenvalue weighted by atomic mass is 32.1. The van der Waals surface area contributed by atoms with Crippen LogP contribution >= 0.6 is 11.3 Å². The normalized spacial score (nSPS) is 11.0. The lowest BCUT2D eigenvalue weighted by atomic mass is 10.1. The van der Waals surface area contributed by atoms with Crippen LogP contribution in [0, 0.1) is 0 Å². The second-order valence-electron chi connectivity index (χ2n) is 4.61. The molecule has 0 unspecified atom stereocenters. The summed E-state index contributed by atoms with van der Waals surface area (Å²) in [6.45, 7) is 0. The van der Waals surface area contributed by atoms with Crippen molar-refractivity contribution in [1.82, 2.24) is 9.97 Å².